The van der Waals surface area contributed by atoms with Crippen LogP contribution in [0.1, 0.15) is 19.4 Å². The molecule has 0 saturated carbocycles. The number of nitrogens with zero attached hydrogens (tertiary/aromatic N) is 4. The normalized spacial score (nSPS) is 11.2. The maximum absolute atomic E-state index is 13.4. The van der Waals surface area contributed by atoms with Gasteiger partial charge in [-0.1, -0.05) is 42.5 Å². The largest absolute Gasteiger partial charge is 0.481 e. The molecular formula is C28H28N4O4. The van der Waals surface area contributed by atoms with Crippen molar-refractivity contribution in [2.24, 2.45) is 5.10 Å². The van der Waals surface area contributed by atoms with Crippen molar-refractivity contribution in [1.29, 1.82) is 0 Å². The SMILES string of the molecule is CC(C)OC(=O)COc1cc(N(C)C)ccc1C=Nn1c(-c2ccccc2)nc2ccccc2c1=O. The number of ether oxygens (including phenoxy) is 2. The second-order valence-electron chi connectivity index (χ2n) is 8.62. The molecule has 36 heavy (non-hydrogen) atoms. The highest BCUT2D eigenvalue weighted by Gasteiger charge is 2.14. The van der Waals surface area contributed by atoms with Crippen molar-refractivity contribution >= 4 is 28.8 Å². The minimum absolute atomic E-state index is 0.237. The lowest BCUT2D eigenvalue weighted by molar-refractivity contribution is -0.149. The van der Waals surface area contributed by atoms with Gasteiger partial charge >= 0.3 is 5.97 Å². The molecule has 1 heterocycles. The maximum Gasteiger partial charge on any atom is 0.344 e. The van der Waals surface area contributed by atoms with E-state index in [1.165, 1.54) is 10.9 Å². The van der Waals surface area contributed by atoms with E-state index >= 15 is 0 Å². The molecule has 0 atom stereocenters. The van der Waals surface area contributed by atoms with Gasteiger partial charge in [0.2, 0.25) is 0 Å². The topological polar surface area (TPSA) is 86.0 Å². The molecule has 4 aromatic rings. The summed E-state index contributed by atoms with van der Waals surface area (Å²) in [6, 6.07) is 22.1. The number of benzene rings is 3. The third kappa shape index (κ3) is 5.60. The summed E-state index contributed by atoms with van der Waals surface area (Å²) in [7, 11) is 3.82. The van der Waals surface area contributed by atoms with Gasteiger partial charge in [0.1, 0.15) is 5.75 Å². The number of para-hydroxylation sites is 1. The van der Waals surface area contributed by atoms with E-state index in [2.05, 4.69) is 5.10 Å². The van der Waals surface area contributed by atoms with E-state index in [1.54, 1.807) is 32.0 Å². The smallest absolute Gasteiger partial charge is 0.344 e. The quantitative estimate of drug-likeness (QED) is 0.273. The number of hydrogen-bond acceptors (Lipinski definition) is 7. The predicted octanol–water partition coefficient (Wildman–Crippen LogP) is 4.34. The van der Waals surface area contributed by atoms with Gasteiger partial charge in [-0.15, -0.1) is 0 Å². The first kappa shape index (κ1) is 24.7. The third-order valence-electron chi connectivity index (χ3n) is 5.32. The number of aromatic nitrogens is 2. The van der Waals surface area contributed by atoms with Gasteiger partial charge in [0.05, 0.1) is 23.2 Å². The minimum Gasteiger partial charge on any atom is -0.481 e. The Morgan fingerprint density at radius 3 is 2.50 bits per heavy atom. The van der Waals surface area contributed by atoms with Crippen LogP contribution >= 0.6 is 0 Å². The maximum atomic E-state index is 13.4. The van der Waals surface area contributed by atoms with Crippen LogP contribution in [0.4, 0.5) is 5.69 Å². The van der Waals surface area contributed by atoms with Gasteiger partial charge in [-0.25, -0.2) is 9.78 Å². The zero-order valence-electron chi connectivity index (χ0n) is 20.7. The van der Waals surface area contributed by atoms with Crippen molar-refractivity contribution in [2.75, 3.05) is 25.6 Å². The Morgan fingerprint density at radius 2 is 1.78 bits per heavy atom. The lowest BCUT2D eigenvalue weighted by Gasteiger charge is -2.16. The van der Waals surface area contributed by atoms with E-state index in [0.29, 0.717) is 28.0 Å². The summed E-state index contributed by atoms with van der Waals surface area (Å²) >= 11 is 0. The van der Waals surface area contributed by atoms with E-state index in [4.69, 9.17) is 14.5 Å². The summed E-state index contributed by atoms with van der Waals surface area (Å²) in [5.41, 5.74) is 2.54. The highest BCUT2D eigenvalue weighted by molar-refractivity contribution is 5.86. The fourth-order valence-electron chi connectivity index (χ4n) is 3.59. The van der Waals surface area contributed by atoms with Gasteiger partial charge in [0.15, 0.2) is 12.4 Å². The van der Waals surface area contributed by atoms with E-state index < -0.39 is 5.97 Å². The van der Waals surface area contributed by atoms with Crippen LogP contribution < -0.4 is 15.2 Å². The van der Waals surface area contributed by atoms with E-state index in [1.807, 2.05) is 73.6 Å². The molecule has 4 rings (SSSR count). The fraction of sp³-hybridized carbons (Fsp3) is 0.214. The van der Waals surface area contributed by atoms with Crippen LogP contribution in [-0.2, 0) is 9.53 Å². The van der Waals surface area contributed by atoms with Crippen LogP contribution in [0.15, 0.2) is 82.7 Å². The van der Waals surface area contributed by atoms with Crippen LogP contribution in [-0.4, -0.2) is 48.7 Å². The molecular weight excluding hydrogens is 456 g/mol. The molecule has 0 fully saturated rings. The Hall–Kier alpha value is -4.46. The molecule has 0 aliphatic carbocycles. The molecule has 0 saturated heterocycles. The molecule has 0 spiro atoms. The second kappa shape index (κ2) is 10.9. The second-order valence-corrected chi connectivity index (χ2v) is 8.62. The number of carbonyl (C=O) groups excluding carboxylic acids is 1. The molecule has 1 aromatic heterocycles. The summed E-state index contributed by atoms with van der Waals surface area (Å²) < 4.78 is 12.3. The molecule has 0 radical (unpaired) electrons. The molecule has 0 bridgehead atoms. The lowest BCUT2D eigenvalue weighted by Crippen LogP contribution is -2.21. The van der Waals surface area contributed by atoms with Crippen molar-refractivity contribution < 1.29 is 14.3 Å². The van der Waals surface area contributed by atoms with Gasteiger partial charge in [0, 0.05) is 37.0 Å². The molecule has 8 nitrogen and oxygen atoms in total. The van der Waals surface area contributed by atoms with Gasteiger partial charge in [-0.2, -0.15) is 9.78 Å². The van der Waals surface area contributed by atoms with Crippen molar-refractivity contribution in [3.63, 3.8) is 0 Å². The highest BCUT2D eigenvalue weighted by atomic mass is 16.6. The average molecular weight is 485 g/mol. The number of anilines is 1. The lowest BCUT2D eigenvalue weighted by atomic mass is 10.2. The molecule has 0 aliphatic heterocycles. The highest BCUT2D eigenvalue weighted by Crippen LogP contribution is 2.25. The van der Waals surface area contributed by atoms with Crippen LogP contribution in [0.2, 0.25) is 0 Å². The predicted molar refractivity (Wildman–Crippen MR) is 142 cm³/mol. The molecule has 0 unspecified atom stereocenters. The van der Waals surface area contributed by atoms with Crippen LogP contribution in [0, 0.1) is 0 Å². The van der Waals surface area contributed by atoms with Crippen molar-refractivity contribution in [3.8, 4) is 17.1 Å². The van der Waals surface area contributed by atoms with Crippen molar-refractivity contribution in [3.05, 3.63) is 88.7 Å². The Bertz CT molecular complexity index is 1460. The van der Waals surface area contributed by atoms with Crippen LogP contribution in [0.25, 0.3) is 22.3 Å². The summed E-state index contributed by atoms with van der Waals surface area (Å²) in [4.78, 5) is 32.1. The Balaban J connectivity index is 1.78. The zero-order valence-corrected chi connectivity index (χ0v) is 20.7. The van der Waals surface area contributed by atoms with E-state index in [-0.39, 0.29) is 18.3 Å². The molecule has 3 aromatic carbocycles. The minimum atomic E-state index is -0.468. The molecule has 0 amide bonds. The van der Waals surface area contributed by atoms with Gasteiger partial charge in [-0.05, 0) is 38.1 Å². The summed E-state index contributed by atoms with van der Waals surface area (Å²) in [6.07, 6.45) is 1.30. The number of rotatable bonds is 8. The first-order valence-corrected chi connectivity index (χ1v) is 11.6. The molecule has 184 valence electrons. The van der Waals surface area contributed by atoms with Gasteiger partial charge in [0.25, 0.3) is 5.56 Å². The Kier molecular flexibility index (Phi) is 7.44. The van der Waals surface area contributed by atoms with Gasteiger partial charge in [-0.3, -0.25) is 4.79 Å². The molecule has 8 heteroatoms. The number of carbonyl (C=O) groups is 1. The summed E-state index contributed by atoms with van der Waals surface area (Å²) in [5.74, 6) is 0.390. The zero-order chi connectivity index (χ0) is 25.7. The van der Waals surface area contributed by atoms with Crippen LogP contribution in [0.3, 0.4) is 0 Å². The Morgan fingerprint density at radius 1 is 1.06 bits per heavy atom. The van der Waals surface area contributed by atoms with Crippen molar-refractivity contribution in [1.82, 2.24) is 9.66 Å². The first-order valence-electron chi connectivity index (χ1n) is 11.6. The summed E-state index contributed by atoms with van der Waals surface area (Å²) in [5, 5.41) is 4.98. The van der Waals surface area contributed by atoms with E-state index in [9.17, 15) is 9.59 Å². The first-order chi connectivity index (χ1) is 17.3. The number of fused-ring (bicyclic) bond motifs is 1. The van der Waals surface area contributed by atoms with Crippen molar-refractivity contribution in [2.45, 2.75) is 20.0 Å². The monoisotopic (exact) mass is 484 g/mol. The van der Waals surface area contributed by atoms with Crippen LogP contribution in [0.5, 0.6) is 5.75 Å². The standard InChI is InChI=1S/C28H28N4O4/c1-19(2)36-26(33)18-35-25-16-22(31(3)4)15-14-21(25)17-29-32-27(20-10-6-5-7-11-20)30-24-13-9-8-12-23(24)28(32)34/h5-17,19H,18H2,1-4H3. The fourth-order valence-corrected chi connectivity index (χ4v) is 3.59. The van der Waals surface area contributed by atoms with E-state index in [0.717, 1.165) is 11.3 Å². The molecule has 0 N–H and O–H groups in total. The van der Waals surface area contributed by atoms with Gasteiger partial charge < -0.3 is 14.4 Å². The average Bonchev–Trinajstić information content (AvgIpc) is 2.87. The third-order valence-corrected chi connectivity index (χ3v) is 5.32. The molecule has 0 aliphatic rings. The number of esters is 1. The number of hydrogen-bond donors (Lipinski definition) is 0. The summed E-state index contributed by atoms with van der Waals surface area (Å²) in [6.45, 7) is 3.31. The Labute approximate surface area is 209 Å².